The number of benzene rings is 1. The normalized spacial score (nSPS) is 10.9. The van der Waals surface area contributed by atoms with Crippen LogP contribution in [0.1, 0.15) is 14.5 Å². The van der Waals surface area contributed by atoms with Crippen LogP contribution < -0.4 is 5.32 Å². The van der Waals surface area contributed by atoms with Crippen molar-refractivity contribution in [3.63, 3.8) is 0 Å². The van der Waals surface area contributed by atoms with E-state index in [1.807, 2.05) is 6.92 Å². The zero-order valence-corrected chi connectivity index (χ0v) is 12.6. The fraction of sp³-hybridized carbons (Fsp3) is 0.0769. The van der Waals surface area contributed by atoms with Crippen LogP contribution in [0.25, 0.3) is 10.1 Å². The number of nitrogens with one attached hydrogen (secondary N) is 1. The molecule has 2 aromatic heterocycles. The number of fused-ring (bicyclic) bond motifs is 1. The van der Waals surface area contributed by atoms with Gasteiger partial charge in [-0.3, -0.25) is 10.1 Å². The number of nitrogens with zero attached hydrogens (tertiary/aromatic N) is 1. The van der Waals surface area contributed by atoms with Gasteiger partial charge in [0.25, 0.3) is 5.91 Å². The fourth-order valence-corrected chi connectivity index (χ4v) is 3.85. The Morgan fingerprint density at radius 1 is 1.40 bits per heavy atom. The van der Waals surface area contributed by atoms with E-state index in [1.54, 1.807) is 12.3 Å². The molecule has 1 N–H and O–H groups in total. The van der Waals surface area contributed by atoms with Gasteiger partial charge in [-0.2, -0.15) is 0 Å². The highest BCUT2D eigenvalue weighted by Gasteiger charge is 2.18. The summed E-state index contributed by atoms with van der Waals surface area (Å²) in [6, 6.07) is 4.27. The molecule has 0 fully saturated rings. The van der Waals surface area contributed by atoms with Crippen LogP contribution >= 0.6 is 34.3 Å². The minimum atomic E-state index is -0.349. The first-order valence-corrected chi connectivity index (χ1v) is 7.67. The lowest BCUT2D eigenvalue weighted by atomic mass is 10.2. The summed E-state index contributed by atoms with van der Waals surface area (Å²) in [6.45, 7) is 1.91. The molecule has 2 heterocycles. The van der Waals surface area contributed by atoms with Crippen molar-refractivity contribution in [2.75, 3.05) is 5.32 Å². The van der Waals surface area contributed by atoms with Crippen molar-refractivity contribution in [1.29, 1.82) is 0 Å². The highest BCUT2D eigenvalue weighted by atomic mass is 35.5. The van der Waals surface area contributed by atoms with Gasteiger partial charge >= 0.3 is 0 Å². The molecule has 0 unspecified atom stereocenters. The Kier molecular flexibility index (Phi) is 3.45. The van der Waals surface area contributed by atoms with Gasteiger partial charge < -0.3 is 0 Å². The topological polar surface area (TPSA) is 42.0 Å². The van der Waals surface area contributed by atoms with Crippen molar-refractivity contribution in [3.8, 4) is 0 Å². The van der Waals surface area contributed by atoms with Crippen molar-refractivity contribution in [2.45, 2.75) is 6.92 Å². The Hall–Kier alpha value is -1.50. The summed E-state index contributed by atoms with van der Waals surface area (Å²) in [4.78, 5) is 17.6. The number of aryl methyl sites for hydroxylation is 1. The number of thiophene rings is 1. The average molecular weight is 327 g/mol. The molecule has 0 spiro atoms. The molecule has 20 heavy (non-hydrogen) atoms. The summed E-state index contributed by atoms with van der Waals surface area (Å²) in [5.41, 5.74) is 0. The summed E-state index contributed by atoms with van der Waals surface area (Å²) in [5, 5.41) is 4.24. The molecule has 0 aliphatic carbocycles. The molecule has 3 aromatic rings. The first-order valence-electron chi connectivity index (χ1n) is 5.66. The molecule has 3 rings (SSSR count). The van der Waals surface area contributed by atoms with Crippen LogP contribution in [0, 0.1) is 12.7 Å². The molecule has 0 atom stereocenters. The number of thiazole rings is 1. The zero-order valence-electron chi connectivity index (χ0n) is 10.2. The first-order chi connectivity index (χ1) is 9.54. The number of aromatic nitrogens is 1. The minimum absolute atomic E-state index is 0.328. The van der Waals surface area contributed by atoms with E-state index in [0.717, 1.165) is 4.88 Å². The van der Waals surface area contributed by atoms with Gasteiger partial charge in [-0.1, -0.05) is 11.6 Å². The Morgan fingerprint density at radius 2 is 2.20 bits per heavy atom. The molecule has 3 nitrogen and oxygen atoms in total. The molecule has 7 heteroatoms. The van der Waals surface area contributed by atoms with E-state index in [2.05, 4.69) is 10.3 Å². The summed E-state index contributed by atoms with van der Waals surface area (Å²) in [5.74, 6) is -0.677. The van der Waals surface area contributed by atoms with Gasteiger partial charge in [-0.25, -0.2) is 9.37 Å². The lowest BCUT2D eigenvalue weighted by Crippen LogP contribution is -2.10. The molecule has 0 aliphatic heterocycles. The Morgan fingerprint density at radius 3 is 2.90 bits per heavy atom. The van der Waals surface area contributed by atoms with Crippen LogP contribution in [0.3, 0.4) is 0 Å². The second kappa shape index (κ2) is 5.12. The van der Waals surface area contributed by atoms with Gasteiger partial charge in [-0.05, 0) is 25.1 Å². The van der Waals surface area contributed by atoms with Crippen LogP contribution in [0.2, 0.25) is 5.02 Å². The van der Waals surface area contributed by atoms with Crippen LogP contribution in [0.4, 0.5) is 9.52 Å². The predicted molar refractivity (Wildman–Crippen MR) is 81.6 cm³/mol. The smallest absolute Gasteiger partial charge is 0.269 e. The quantitative estimate of drug-likeness (QED) is 0.741. The van der Waals surface area contributed by atoms with Gasteiger partial charge in [0.2, 0.25) is 0 Å². The Labute approximate surface area is 127 Å². The average Bonchev–Trinajstić information content (AvgIpc) is 2.94. The van der Waals surface area contributed by atoms with Crippen molar-refractivity contribution in [1.82, 2.24) is 4.98 Å². The zero-order chi connectivity index (χ0) is 14.3. The van der Waals surface area contributed by atoms with E-state index in [4.69, 9.17) is 11.6 Å². The van der Waals surface area contributed by atoms with Crippen LogP contribution in [-0.2, 0) is 0 Å². The number of hydrogen-bond acceptors (Lipinski definition) is 4. The molecule has 0 aliphatic rings. The highest BCUT2D eigenvalue weighted by Crippen LogP contribution is 2.36. The fourth-order valence-electron chi connectivity index (χ4n) is 1.75. The van der Waals surface area contributed by atoms with Crippen molar-refractivity contribution in [2.24, 2.45) is 0 Å². The SMILES string of the molecule is Cc1cnc(NC(=O)c2sc3cc(F)ccc3c2Cl)s1. The maximum Gasteiger partial charge on any atom is 0.269 e. The highest BCUT2D eigenvalue weighted by molar-refractivity contribution is 7.22. The van der Waals surface area contributed by atoms with E-state index >= 15 is 0 Å². The first kappa shape index (κ1) is 13.5. The van der Waals surface area contributed by atoms with Gasteiger partial charge in [0.05, 0.1) is 5.02 Å². The molecular formula is C13H8ClFN2OS2. The summed E-state index contributed by atoms with van der Waals surface area (Å²) in [6.07, 6.45) is 1.68. The lowest BCUT2D eigenvalue weighted by Gasteiger charge is -1.98. The summed E-state index contributed by atoms with van der Waals surface area (Å²) >= 11 is 8.74. The largest absolute Gasteiger partial charge is 0.297 e. The number of anilines is 1. The maximum atomic E-state index is 13.2. The molecule has 1 amide bonds. The second-order valence-corrected chi connectivity index (χ2v) is 6.78. The van der Waals surface area contributed by atoms with E-state index in [1.165, 1.54) is 34.8 Å². The van der Waals surface area contributed by atoms with Crippen LogP contribution in [0.5, 0.6) is 0 Å². The van der Waals surface area contributed by atoms with Gasteiger partial charge in [-0.15, -0.1) is 22.7 Å². The molecule has 0 saturated heterocycles. The van der Waals surface area contributed by atoms with Crippen LogP contribution in [-0.4, -0.2) is 10.9 Å². The molecular weight excluding hydrogens is 319 g/mol. The third kappa shape index (κ3) is 2.42. The van der Waals surface area contributed by atoms with E-state index in [9.17, 15) is 9.18 Å². The van der Waals surface area contributed by atoms with Crippen molar-refractivity contribution < 1.29 is 9.18 Å². The summed E-state index contributed by atoms with van der Waals surface area (Å²) < 4.78 is 13.8. The Balaban J connectivity index is 1.97. The second-order valence-electron chi connectivity index (χ2n) is 4.12. The minimum Gasteiger partial charge on any atom is -0.297 e. The third-order valence-electron chi connectivity index (χ3n) is 2.64. The number of amides is 1. The number of carbonyl (C=O) groups is 1. The maximum absolute atomic E-state index is 13.2. The van der Waals surface area contributed by atoms with Gasteiger partial charge in [0.1, 0.15) is 10.7 Å². The lowest BCUT2D eigenvalue weighted by molar-refractivity contribution is 0.103. The molecule has 0 bridgehead atoms. The number of halogens is 2. The third-order valence-corrected chi connectivity index (χ3v) is 5.12. The standard InChI is InChI=1S/C13H8ClFN2OS2/c1-6-5-16-13(19-6)17-12(18)11-10(14)8-3-2-7(15)4-9(8)20-11/h2-5H,1H3,(H,16,17,18). The predicted octanol–water partition coefficient (Wildman–Crippen LogP) is 4.71. The van der Waals surface area contributed by atoms with Gasteiger partial charge in [0.15, 0.2) is 5.13 Å². The number of hydrogen-bond donors (Lipinski definition) is 1. The number of carbonyl (C=O) groups excluding carboxylic acids is 1. The Bertz CT molecular complexity index is 812. The summed E-state index contributed by atoms with van der Waals surface area (Å²) in [7, 11) is 0. The van der Waals surface area contributed by atoms with Crippen LogP contribution in [0.15, 0.2) is 24.4 Å². The van der Waals surface area contributed by atoms with E-state index in [0.29, 0.717) is 25.1 Å². The monoisotopic (exact) mass is 326 g/mol. The molecule has 0 saturated carbocycles. The number of rotatable bonds is 2. The molecule has 1 aromatic carbocycles. The molecule has 0 radical (unpaired) electrons. The van der Waals surface area contributed by atoms with E-state index < -0.39 is 0 Å². The molecule has 102 valence electrons. The van der Waals surface area contributed by atoms with Crippen molar-refractivity contribution >= 4 is 55.4 Å². The van der Waals surface area contributed by atoms with Gasteiger partial charge in [0, 0.05) is 21.2 Å². The van der Waals surface area contributed by atoms with Crippen molar-refractivity contribution in [3.05, 3.63) is 45.0 Å². The van der Waals surface area contributed by atoms with E-state index in [-0.39, 0.29) is 11.7 Å².